The minimum absolute atomic E-state index is 0.430. The lowest BCUT2D eigenvalue weighted by molar-refractivity contribution is 0.284. The maximum Gasteiger partial charge on any atom is 0.162 e. The van der Waals surface area contributed by atoms with E-state index in [9.17, 15) is 0 Å². The molecular weight excluding hydrogens is 509 g/mol. The van der Waals surface area contributed by atoms with E-state index in [1.54, 1.807) is 13.2 Å². The molecule has 0 spiro atoms. The molecule has 0 saturated carbocycles. The van der Waals surface area contributed by atoms with Crippen molar-refractivity contribution in [2.45, 2.75) is 19.6 Å². The lowest BCUT2D eigenvalue weighted by atomic mass is 10.1. The summed E-state index contributed by atoms with van der Waals surface area (Å²) in [7, 11) is 1.64. The second-order valence-corrected chi connectivity index (χ2v) is 8.81. The molecule has 3 nitrogen and oxygen atoms in total. The Kier molecular flexibility index (Phi) is 8.72. The Morgan fingerprint density at radius 3 is 2.30 bits per heavy atom. The molecule has 0 aliphatic heterocycles. The molecule has 0 heterocycles. The van der Waals surface area contributed by atoms with Crippen molar-refractivity contribution in [3.63, 3.8) is 0 Å². The molecule has 0 unspecified atom stereocenters. The van der Waals surface area contributed by atoms with Gasteiger partial charge in [-0.25, -0.2) is 0 Å². The summed E-state index contributed by atoms with van der Waals surface area (Å²) in [4.78, 5) is 0. The zero-order chi connectivity index (χ0) is 21.5. The van der Waals surface area contributed by atoms with E-state index in [0.717, 1.165) is 34.1 Å². The van der Waals surface area contributed by atoms with Crippen molar-refractivity contribution in [3.05, 3.63) is 90.8 Å². The van der Waals surface area contributed by atoms with Gasteiger partial charge < -0.3 is 14.8 Å². The molecule has 3 aromatic rings. The van der Waals surface area contributed by atoms with Crippen LogP contribution < -0.4 is 14.8 Å². The van der Waals surface area contributed by atoms with Gasteiger partial charge in [0, 0.05) is 26.1 Å². The molecule has 0 aliphatic carbocycles. The van der Waals surface area contributed by atoms with Crippen LogP contribution in [0.4, 0.5) is 0 Å². The van der Waals surface area contributed by atoms with E-state index in [-0.39, 0.29) is 0 Å². The Hall–Kier alpha value is -1.43. The summed E-state index contributed by atoms with van der Waals surface area (Å²) in [6, 6.07) is 17.1. The molecule has 0 bridgehead atoms. The van der Waals surface area contributed by atoms with Gasteiger partial charge in [0.25, 0.3) is 0 Å². The molecule has 0 radical (unpaired) electrons. The highest BCUT2D eigenvalue weighted by Crippen LogP contribution is 2.34. The van der Waals surface area contributed by atoms with E-state index in [4.69, 9.17) is 44.3 Å². The zero-order valence-corrected chi connectivity index (χ0v) is 20.2. The highest BCUT2D eigenvalue weighted by atomic mass is 79.9. The van der Waals surface area contributed by atoms with E-state index >= 15 is 0 Å². The van der Waals surface area contributed by atoms with Crippen LogP contribution in [-0.4, -0.2) is 13.7 Å². The number of hydrogen-bond donors (Lipinski definition) is 1. The average Bonchev–Trinajstić information content (AvgIpc) is 2.73. The van der Waals surface area contributed by atoms with Crippen molar-refractivity contribution < 1.29 is 9.47 Å². The summed E-state index contributed by atoms with van der Waals surface area (Å²) >= 11 is 21.7. The summed E-state index contributed by atoms with van der Waals surface area (Å²) in [5, 5.41) is 5.47. The van der Waals surface area contributed by atoms with Gasteiger partial charge in [-0.3, -0.25) is 0 Å². The molecule has 158 valence electrons. The monoisotopic (exact) mass is 527 g/mol. The lowest BCUT2D eigenvalue weighted by Crippen LogP contribution is -2.17. The van der Waals surface area contributed by atoms with Gasteiger partial charge in [0.2, 0.25) is 0 Å². The third-order valence-electron chi connectivity index (χ3n) is 4.54. The molecule has 0 saturated heterocycles. The first-order valence-corrected chi connectivity index (χ1v) is 11.3. The smallest absolute Gasteiger partial charge is 0.162 e. The summed E-state index contributed by atoms with van der Waals surface area (Å²) in [6.45, 7) is 1.89. The summed E-state index contributed by atoms with van der Waals surface area (Å²) in [5.41, 5.74) is 3.17. The van der Waals surface area contributed by atoms with E-state index in [1.165, 1.54) is 0 Å². The third kappa shape index (κ3) is 6.53. The van der Waals surface area contributed by atoms with Gasteiger partial charge in [-0.05, 0) is 66.1 Å². The molecule has 0 atom stereocenters. The number of benzene rings is 3. The number of halogens is 4. The van der Waals surface area contributed by atoms with E-state index in [2.05, 4.69) is 21.2 Å². The van der Waals surface area contributed by atoms with Crippen LogP contribution in [-0.2, 0) is 19.6 Å². The SMILES string of the molecule is COc1cc(CNCCc2ccc(Cl)cc2Cl)c(Br)cc1OCc1ccc(Cl)cc1. The van der Waals surface area contributed by atoms with Crippen LogP contribution in [0.5, 0.6) is 11.5 Å². The Morgan fingerprint density at radius 1 is 0.867 bits per heavy atom. The van der Waals surface area contributed by atoms with Gasteiger partial charge in [-0.2, -0.15) is 0 Å². The fourth-order valence-electron chi connectivity index (χ4n) is 2.90. The van der Waals surface area contributed by atoms with Crippen LogP contribution in [0.25, 0.3) is 0 Å². The molecule has 7 heteroatoms. The van der Waals surface area contributed by atoms with E-state index in [0.29, 0.717) is 39.7 Å². The first-order chi connectivity index (χ1) is 14.5. The summed E-state index contributed by atoms with van der Waals surface area (Å²) < 4.78 is 12.4. The molecule has 0 amide bonds. The maximum atomic E-state index is 6.23. The number of nitrogens with one attached hydrogen (secondary N) is 1. The Balaban J connectivity index is 1.58. The molecule has 0 aliphatic rings. The normalized spacial score (nSPS) is 10.8. The van der Waals surface area contributed by atoms with Crippen molar-refractivity contribution in [2.24, 2.45) is 0 Å². The first-order valence-electron chi connectivity index (χ1n) is 9.34. The van der Waals surface area contributed by atoms with Crippen molar-refractivity contribution in [1.82, 2.24) is 5.32 Å². The number of hydrogen-bond acceptors (Lipinski definition) is 3. The van der Waals surface area contributed by atoms with Gasteiger partial charge >= 0.3 is 0 Å². The minimum atomic E-state index is 0.430. The van der Waals surface area contributed by atoms with Crippen molar-refractivity contribution in [3.8, 4) is 11.5 Å². The van der Waals surface area contributed by atoms with Crippen LogP contribution >= 0.6 is 50.7 Å². The maximum absolute atomic E-state index is 6.23. The summed E-state index contributed by atoms with van der Waals surface area (Å²) in [6.07, 6.45) is 0.813. The van der Waals surface area contributed by atoms with Crippen LogP contribution in [0.15, 0.2) is 59.1 Å². The summed E-state index contributed by atoms with van der Waals surface area (Å²) in [5.74, 6) is 1.36. The van der Waals surface area contributed by atoms with Crippen LogP contribution in [0.1, 0.15) is 16.7 Å². The largest absolute Gasteiger partial charge is 0.493 e. The van der Waals surface area contributed by atoms with Gasteiger partial charge in [-0.15, -0.1) is 0 Å². The zero-order valence-electron chi connectivity index (χ0n) is 16.4. The highest BCUT2D eigenvalue weighted by Gasteiger charge is 2.11. The standard InChI is InChI=1S/C23H21BrCl3NO2/c1-29-22-10-17(13-28-9-8-16-4-7-19(26)11-21(16)27)20(24)12-23(22)30-14-15-2-5-18(25)6-3-15/h2-7,10-12,28H,8-9,13-14H2,1H3. The second-order valence-electron chi connectivity index (χ2n) is 6.67. The van der Waals surface area contributed by atoms with Gasteiger partial charge in [0.15, 0.2) is 11.5 Å². The van der Waals surface area contributed by atoms with Crippen molar-refractivity contribution in [1.29, 1.82) is 0 Å². The molecule has 1 N–H and O–H groups in total. The van der Waals surface area contributed by atoms with E-state index < -0.39 is 0 Å². The quantitative estimate of drug-likeness (QED) is 0.295. The van der Waals surface area contributed by atoms with Crippen LogP contribution in [0.2, 0.25) is 15.1 Å². The molecular formula is C23H21BrCl3NO2. The number of ether oxygens (including phenoxy) is 2. The minimum Gasteiger partial charge on any atom is -0.493 e. The first kappa shape index (κ1) is 23.2. The second kappa shape index (κ2) is 11.3. The van der Waals surface area contributed by atoms with Gasteiger partial charge in [0.1, 0.15) is 6.61 Å². The fraction of sp³-hybridized carbons (Fsp3) is 0.217. The van der Waals surface area contributed by atoms with Gasteiger partial charge in [0.05, 0.1) is 7.11 Å². The molecule has 3 rings (SSSR count). The van der Waals surface area contributed by atoms with Crippen LogP contribution in [0, 0.1) is 0 Å². The average molecular weight is 530 g/mol. The predicted molar refractivity (Wildman–Crippen MR) is 128 cm³/mol. The van der Waals surface area contributed by atoms with E-state index in [1.807, 2.05) is 48.5 Å². The molecule has 0 fully saturated rings. The van der Waals surface area contributed by atoms with Gasteiger partial charge in [-0.1, -0.05) is 68.9 Å². The Morgan fingerprint density at radius 2 is 1.60 bits per heavy atom. The van der Waals surface area contributed by atoms with Crippen LogP contribution in [0.3, 0.4) is 0 Å². The Bertz CT molecular complexity index is 996. The predicted octanol–water partition coefficient (Wildman–Crippen LogP) is 7.33. The third-order valence-corrected chi connectivity index (χ3v) is 6.12. The fourth-order valence-corrected chi connectivity index (χ4v) is 3.99. The number of rotatable bonds is 9. The van der Waals surface area contributed by atoms with Crippen molar-refractivity contribution >= 4 is 50.7 Å². The molecule has 0 aromatic heterocycles. The topological polar surface area (TPSA) is 30.5 Å². The number of methoxy groups -OCH3 is 1. The molecule has 3 aromatic carbocycles. The molecule has 30 heavy (non-hydrogen) atoms. The Labute approximate surface area is 200 Å². The lowest BCUT2D eigenvalue weighted by Gasteiger charge is -2.15. The highest BCUT2D eigenvalue weighted by molar-refractivity contribution is 9.10. The van der Waals surface area contributed by atoms with Crippen molar-refractivity contribution in [2.75, 3.05) is 13.7 Å².